The fourth-order valence-electron chi connectivity index (χ4n) is 3.26. The van der Waals surface area contributed by atoms with Crippen molar-refractivity contribution >= 4 is 5.69 Å². The van der Waals surface area contributed by atoms with E-state index in [-0.39, 0.29) is 0 Å². The largest absolute Gasteiger partial charge is 0.382 e. The third kappa shape index (κ3) is 3.24. The molecule has 1 saturated carbocycles. The van der Waals surface area contributed by atoms with Crippen LogP contribution in [0.25, 0.3) is 0 Å². The maximum Gasteiger partial charge on any atom is 0.0372 e. The topological polar surface area (TPSA) is 12.0 Å². The number of aryl methyl sites for hydroxylation is 2. The van der Waals surface area contributed by atoms with Crippen molar-refractivity contribution in [2.24, 2.45) is 11.8 Å². The van der Waals surface area contributed by atoms with Crippen LogP contribution in [0.5, 0.6) is 0 Å². The molecule has 1 nitrogen and oxygen atoms in total. The molecular weight excluding hydrogens is 206 g/mol. The van der Waals surface area contributed by atoms with Crippen LogP contribution in [0.2, 0.25) is 0 Å². The number of nitrogens with one attached hydrogen (secondary N) is 1. The normalized spacial score (nSPS) is 29.1. The molecule has 2 unspecified atom stereocenters. The van der Waals surface area contributed by atoms with E-state index in [1.54, 1.807) is 0 Å². The van der Waals surface area contributed by atoms with Crippen LogP contribution in [-0.4, -0.2) is 6.04 Å². The van der Waals surface area contributed by atoms with E-state index in [9.17, 15) is 0 Å². The van der Waals surface area contributed by atoms with Crippen LogP contribution in [0, 0.1) is 25.7 Å². The van der Waals surface area contributed by atoms with Gasteiger partial charge < -0.3 is 5.32 Å². The Labute approximate surface area is 106 Å². The maximum absolute atomic E-state index is 3.74. The third-order valence-electron chi connectivity index (χ3n) is 3.92. The molecule has 0 amide bonds. The van der Waals surface area contributed by atoms with E-state index in [4.69, 9.17) is 0 Å². The summed E-state index contributed by atoms with van der Waals surface area (Å²) in [4.78, 5) is 0. The molecule has 0 spiro atoms. The molecule has 1 aliphatic carbocycles. The monoisotopic (exact) mass is 231 g/mol. The van der Waals surface area contributed by atoms with Crippen LogP contribution in [0.15, 0.2) is 18.2 Å². The third-order valence-corrected chi connectivity index (χ3v) is 3.92. The lowest BCUT2D eigenvalue weighted by Crippen LogP contribution is -2.30. The average molecular weight is 231 g/mol. The summed E-state index contributed by atoms with van der Waals surface area (Å²) in [7, 11) is 0. The second-order valence-corrected chi connectivity index (χ2v) is 6.08. The number of anilines is 1. The summed E-state index contributed by atoms with van der Waals surface area (Å²) in [5, 5.41) is 3.74. The number of rotatable bonds is 2. The van der Waals surface area contributed by atoms with E-state index >= 15 is 0 Å². The molecule has 94 valence electrons. The molecule has 1 heteroatoms. The Bertz CT molecular complexity index is 373. The molecule has 1 N–H and O–H groups in total. The van der Waals surface area contributed by atoms with Crippen LogP contribution in [0.1, 0.15) is 44.2 Å². The number of hydrogen-bond acceptors (Lipinski definition) is 1. The van der Waals surface area contributed by atoms with Gasteiger partial charge in [-0.25, -0.2) is 0 Å². The molecule has 0 heterocycles. The zero-order chi connectivity index (χ0) is 12.4. The molecule has 0 saturated heterocycles. The molecular formula is C16H25N. The average Bonchev–Trinajstić information content (AvgIpc) is 2.21. The van der Waals surface area contributed by atoms with Crippen LogP contribution in [0.4, 0.5) is 5.69 Å². The fourth-order valence-corrected chi connectivity index (χ4v) is 3.26. The zero-order valence-electron chi connectivity index (χ0n) is 11.6. The summed E-state index contributed by atoms with van der Waals surface area (Å²) >= 11 is 0. The summed E-state index contributed by atoms with van der Waals surface area (Å²) in [6, 6.07) is 7.35. The van der Waals surface area contributed by atoms with Gasteiger partial charge in [-0.2, -0.15) is 0 Å². The Morgan fingerprint density at radius 3 is 2.24 bits per heavy atom. The van der Waals surface area contributed by atoms with Gasteiger partial charge in [0.15, 0.2) is 0 Å². The highest BCUT2D eigenvalue weighted by molar-refractivity contribution is 5.52. The van der Waals surface area contributed by atoms with E-state index in [1.165, 1.54) is 36.1 Å². The van der Waals surface area contributed by atoms with Gasteiger partial charge in [0.25, 0.3) is 0 Å². The lowest BCUT2D eigenvalue weighted by Gasteiger charge is -2.33. The summed E-state index contributed by atoms with van der Waals surface area (Å²) < 4.78 is 0. The molecule has 1 aliphatic rings. The quantitative estimate of drug-likeness (QED) is 0.788. The van der Waals surface area contributed by atoms with Gasteiger partial charge in [-0.1, -0.05) is 31.5 Å². The fraction of sp³-hybridized carbons (Fsp3) is 0.625. The van der Waals surface area contributed by atoms with Crippen molar-refractivity contribution in [1.82, 2.24) is 0 Å². The summed E-state index contributed by atoms with van der Waals surface area (Å²) in [6.45, 7) is 9.12. The van der Waals surface area contributed by atoms with Gasteiger partial charge >= 0.3 is 0 Å². The van der Waals surface area contributed by atoms with Crippen molar-refractivity contribution in [3.63, 3.8) is 0 Å². The van der Waals surface area contributed by atoms with Crippen molar-refractivity contribution in [3.8, 4) is 0 Å². The van der Waals surface area contributed by atoms with E-state index in [0.717, 1.165) is 11.8 Å². The van der Waals surface area contributed by atoms with E-state index < -0.39 is 0 Å². The lowest BCUT2D eigenvalue weighted by atomic mass is 9.80. The standard InChI is InChI=1S/C16H25N/c1-11-5-6-16(14(4)8-11)17-15-9-12(2)7-13(3)10-15/h5-6,8,12-13,15,17H,7,9-10H2,1-4H3. The van der Waals surface area contributed by atoms with E-state index in [2.05, 4.69) is 51.2 Å². The van der Waals surface area contributed by atoms with Gasteiger partial charge in [0.1, 0.15) is 0 Å². The summed E-state index contributed by atoms with van der Waals surface area (Å²) in [5.74, 6) is 1.73. The van der Waals surface area contributed by atoms with Crippen LogP contribution < -0.4 is 5.32 Å². The van der Waals surface area contributed by atoms with Crippen molar-refractivity contribution in [3.05, 3.63) is 29.3 Å². The second-order valence-electron chi connectivity index (χ2n) is 6.08. The maximum atomic E-state index is 3.74. The first kappa shape index (κ1) is 12.5. The highest BCUT2D eigenvalue weighted by Crippen LogP contribution is 2.31. The van der Waals surface area contributed by atoms with E-state index in [1.807, 2.05) is 0 Å². The molecule has 0 bridgehead atoms. The van der Waals surface area contributed by atoms with Crippen LogP contribution in [0.3, 0.4) is 0 Å². The van der Waals surface area contributed by atoms with Gasteiger partial charge in [-0.3, -0.25) is 0 Å². The molecule has 2 atom stereocenters. The Kier molecular flexibility index (Phi) is 3.76. The lowest BCUT2D eigenvalue weighted by molar-refractivity contribution is 0.281. The van der Waals surface area contributed by atoms with Crippen molar-refractivity contribution < 1.29 is 0 Å². The van der Waals surface area contributed by atoms with Crippen molar-refractivity contribution in [2.75, 3.05) is 5.32 Å². The Balaban J connectivity index is 2.04. The van der Waals surface area contributed by atoms with Crippen LogP contribution in [-0.2, 0) is 0 Å². The van der Waals surface area contributed by atoms with E-state index in [0.29, 0.717) is 6.04 Å². The number of hydrogen-bond donors (Lipinski definition) is 1. The van der Waals surface area contributed by atoms with Crippen molar-refractivity contribution in [1.29, 1.82) is 0 Å². The zero-order valence-corrected chi connectivity index (χ0v) is 11.6. The van der Waals surface area contributed by atoms with Crippen LogP contribution >= 0.6 is 0 Å². The molecule has 0 aromatic heterocycles. The van der Waals surface area contributed by atoms with Crippen molar-refractivity contribution in [2.45, 2.75) is 53.0 Å². The first-order valence-electron chi connectivity index (χ1n) is 6.88. The Morgan fingerprint density at radius 1 is 1.00 bits per heavy atom. The Hall–Kier alpha value is -0.980. The molecule has 17 heavy (non-hydrogen) atoms. The highest BCUT2D eigenvalue weighted by Gasteiger charge is 2.23. The van der Waals surface area contributed by atoms with Gasteiger partial charge in [0.2, 0.25) is 0 Å². The Morgan fingerprint density at radius 2 is 1.65 bits per heavy atom. The molecule has 1 aromatic rings. The second kappa shape index (κ2) is 5.12. The summed E-state index contributed by atoms with van der Waals surface area (Å²) in [6.07, 6.45) is 4.03. The minimum atomic E-state index is 0.662. The summed E-state index contributed by atoms with van der Waals surface area (Å²) in [5.41, 5.74) is 4.04. The van der Waals surface area contributed by atoms with Gasteiger partial charge in [-0.05, 0) is 56.6 Å². The van der Waals surface area contributed by atoms with Gasteiger partial charge in [-0.15, -0.1) is 0 Å². The van der Waals surface area contributed by atoms with Gasteiger partial charge in [0.05, 0.1) is 0 Å². The smallest absolute Gasteiger partial charge is 0.0372 e. The molecule has 0 aliphatic heterocycles. The predicted molar refractivity (Wildman–Crippen MR) is 75.5 cm³/mol. The molecule has 1 aromatic carbocycles. The molecule has 2 rings (SSSR count). The SMILES string of the molecule is Cc1ccc(NC2CC(C)CC(C)C2)c(C)c1. The molecule has 1 fully saturated rings. The molecule has 0 radical (unpaired) electrons. The minimum absolute atomic E-state index is 0.662. The predicted octanol–water partition coefficient (Wildman–Crippen LogP) is 4.54. The number of benzene rings is 1. The first-order valence-corrected chi connectivity index (χ1v) is 6.88. The minimum Gasteiger partial charge on any atom is -0.382 e. The first-order chi connectivity index (χ1) is 8.04. The highest BCUT2D eigenvalue weighted by atomic mass is 14.9. The van der Waals surface area contributed by atoms with Gasteiger partial charge in [0, 0.05) is 11.7 Å².